The Balaban J connectivity index is 2.22. The van der Waals surface area contributed by atoms with Gasteiger partial charge in [0.15, 0.2) is 5.75 Å². The molecule has 3 unspecified atom stereocenters. The van der Waals surface area contributed by atoms with Gasteiger partial charge in [-0.15, -0.1) is 0 Å². The third-order valence-corrected chi connectivity index (χ3v) is 4.79. The van der Waals surface area contributed by atoms with Crippen LogP contribution in [0.2, 0.25) is 5.02 Å². The molecule has 2 nitrogen and oxygen atoms in total. The Morgan fingerprint density at radius 2 is 2.05 bits per heavy atom. The van der Waals surface area contributed by atoms with E-state index < -0.39 is 6.61 Å². The zero-order chi connectivity index (χ0) is 15.6. The summed E-state index contributed by atoms with van der Waals surface area (Å²) in [6.07, 6.45) is 3.28. The van der Waals surface area contributed by atoms with Crippen LogP contribution in [0.5, 0.6) is 5.75 Å². The van der Waals surface area contributed by atoms with Gasteiger partial charge in [0.05, 0.1) is 10.2 Å². The fourth-order valence-corrected chi connectivity index (χ4v) is 3.86. The molecule has 1 aliphatic rings. The second kappa shape index (κ2) is 7.14. The second-order valence-corrected chi connectivity index (χ2v) is 7.08. The van der Waals surface area contributed by atoms with Gasteiger partial charge in [0.25, 0.3) is 0 Å². The van der Waals surface area contributed by atoms with E-state index in [0.29, 0.717) is 27.0 Å². The lowest BCUT2D eigenvalue weighted by Gasteiger charge is -2.34. The number of hydrogen-bond donors (Lipinski definition) is 1. The average molecular weight is 383 g/mol. The monoisotopic (exact) mass is 381 g/mol. The highest BCUT2D eigenvalue weighted by Crippen LogP contribution is 2.40. The predicted molar refractivity (Wildman–Crippen MR) is 85.4 cm³/mol. The molecule has 0 saturated heterocycles. The van der Waals surface area contributed by atoms with E-state index in [0.717, 1.165) is 19.3 Å². The van der Waals surface area contributed by atoms with E-state index in [2.05, 4.69) is 39.8 Å². The molecule has 1 aromatic rings. The summed E-state index contributed by atoms with van der Waals surface area (Å²) < 4.78 is 30.2. The summed E-state index contributed by atoms with van der Waals surface area (Å²) in [7, 11) is 0. The van der Waals surface area contributed by atoms with Crippen molar-refractivity contribution in [2.24, 2.45) is 11.8 Å². The maximum absolute atomic E-state index is 12.6. The van der Waals surface area contributed by atoms with Crippen LogP contribution in [-0.2, 0) is 0 Å². The van der Waals surface area contributed by atoms with Crippen LogP contribution in [0, 0.1) is 11.8 Å². The Morgan fingerprint density at radius 3 is 2.67 bits per heavy atom. The third-order valence-electron chi connectivity index (χ3n) is 3.99. The molecule has 6 heteroatoms. The van der Waals surface area contributed by atoms with Crippen molar-refractivity contribution in [2.45, 2.75) is 45.8 Å². The summed E-state index contributed by atoms with van der Waals surface area (Å²) in [6, 6.07) is 3.43. The minimum Gasteiger partial charge on any atom is -0.431 e. The molecule has 0 spiro atoms. The zero-order valence-corrected chi connectivity index (χ0v) is 14.3. The molecule has 0 aliphatic heterocycles. The molecular weight excluding hydrogens is 364 g/mol. The molecule has 21 heavy (non-hydrogen) atoms. The fourth-order valence-electron chi connectivity index (χ4n) is 2.96. The van der Waals surface area contributed by atoms with Gasteiger partial charge in [-0.1, -0.05) is 25.4 Å². The van der Waals surface area contributed by atoms with Crippen molar-refractivity contribution in [3.05, 3.63) is 21.6 Å². The molecule has 1 aromatic carbocycles. The van der Waals surface area contributed by atoms with Crippen LogP contribution in [0.1, 0.15) is 33.1 Å². The molecule has 1 fully saturated rings. The number of alkyl halides is 2. The average Bonchev–Trinajstić information content (AvgIpc) is 2.36. The van der Waals surface area contributed by atoms with Gasteiger partial charge < -0.3 is 10.1 Å². The van der Waals surface area contributed by atoms with Gasteiger partial charge >= 0.3 is 6.61 Å². The van der Waals surface area contributed by atoms with Crippen molar-refractivity contribution in [3.8, 4) is 5.75 Å². The molecule has 1 aliphatic carbocycles. The van der Waals surface area contributed by atoms with Crippen molar-refractivity contribution < 1.29 is 13.5 Å². The van der Waals surface area contributed by atoms with Crippen LogP contribution in [-0.4, -0.2) is 12.7 Å². The Kier molecular flexibility index (Phi) is 5.72. The summed E-state index contributed by atoms with van der Waals surface area (Å²) in [4.78, 5) is 0. The van der Waals surface area contributed by atoms with Crippen LogP contribution >= 0.6 is 27.5 Å². The standard InChI is InChI=1S/C15H19BrClF2NO/c1-8-3-4-12(9(2)5-8)20-13-7-10(17)6-11(16)14(13)21-15(18)19/h6-9,12,15,20H,3-5H2,1-2H3. The SMILES string of the molecule is CC1CCC(Nc2cc(Cl)cc(Br)c2OC(F)F)C(C)C1. The zero-order valence-electron chi connectivity index (χ0n) is 12.0. The van der Waals surface area contributed by atoms with Gasteiger partial charge in [0.2, 0.25) is 0 Å². The minimum atomic E-state index is -2.87. The maximum atomic E-state index is 12.6. The van der Waals surface area contributed by atoms with Crippen LogP contribution in [0.3, 0.4) is 0 Å². The van der Waals surface area contributed by atoms with E-state index in [1.54, 1.807) is 12.1 Å². The van der Waals surface area contributed by atoms with Crippen LogP contribution in [0.15, 0.2) is 16.6 Å². The van der Waals surface area contributed by atoms with E-state index in [-0.39, 0.29) is 11.8 Å². The first-order valence-corrected chi connectivity index (χ1v) is 8.24. The molecule has 1 saturated carbocycles. The Bertz CT molecular complexity index is 501. The summed E-state index contributed by atoms with van der Waals surface area (Å²) >= 11 is 9.26. The molecule has 0 radical (unpaired) electrons. The Labute approximate surface area is 137 Å². The fraction of sp³-hybridized carbons (Fsp3) is 0.600. The number of ether oxygens (including phenoxy) is 1. The van der Waals surface area contributed by atoms with Crippen LogP contribution in [0.25, 0.3) is 0 Å². The lowest BCUT2D eigenvalue weighted by atomic mass is 9.80. The summed E-state index contributed by atoms with van der Waals surface area (Å²) in [6.45, 7) is 1.56. The van der Waals surface area contributed by atoms with Crippen LogP contribution in [0.4, 0.5) is 14.5 Å². The maximum Gasteiger partial charge on any atom is 0.387 e. The number of benzene rings is 1. The summed E-state index contributed by atoms with van der Waals surface area (Å²) in [5.74, 6) is 1.30. The first-order valence-electron chi connectivity index (χ1n) is 7.07. The highest BCUT2D eigenvalue weighted by Gasteiger charge is 2.26. The van der Waals surface area contributed by atoms with Crippen molar-refractivity contribution in [1.82, 2.24) is 0 Å². The summed E-state index contributed by atoms with van der Waals surface area (Å²) in [5.41, 5.74) is 0.515. The molecule has 2 rings (SSSR count). The van der Waals surface area contributed by atoms with Crippen molar-refractivity contribution in [1.29, 1.82) is 0 Å². The van der Waals surface area contributed by atoms with E-state index >= 15 is 0 Å². The molecule has 0 bridgehead atoms. The van der Waals surface area contributed by atoms with E-state index in [9.17, 15) is 8.78 Å². The Hall–Kier alpha value is -0.550. The molecule has 1 N–H and O–H groups in total. The Morgan fingerprint density at radius 1 is 1.33 bits per heavy atom. The molecule has 0 heterocycles. The van der Waals surface area contributed by atoms with Gasteiger partial charge in [-0.3, -0.25) is 0 Å². The smallest absolute Gasteiger partial charge is 0.387 e. The number of nitrogens with one attached hydrogen (secondary N) is 1. The molecular formula is C15H19BrClF2NO. The van der Waals surface area contributed by atoms with Gasteiger partial charge in [-0.05, 0) is 59.2 Å². The van der Waals surface area contributed by atoms with E-state index in [1.165, 1.54) is 0 Å². The molecule has 0 aromatic heterocycles. The van der Waals surface area contributed by atoms with Crippen molar-refractivity contribution in [2.75, 3.05) is 5.32 Å². The number of halogens is 4. The lowest BCUT2D eigenvalue weighted by Crippen LogP contribution is -2.33. The quantitative estimate of drug-likeness (QED) is 0.695. The van der Waals surface area contributed by atoms with Gasteiger partial charge in [-0.25, -0.2) is 0 Å². The van der Waals surface area contributed by atoms with Crippen molar-refractivity contribution >= 4 is 33.2 Å². The highest BCUT2D eigenvalue weighted by atomic mass is 79.9. The predicted octanol–water partition coefficient (Wildman–Crippen LogP) is 5.94. The second-order valence-electron chi connectivity index (χ2n) is 5.79. The van der Waals surface area contributed by atoms with E-state index in [1.807, 2.05) is 0 Å². The normalized spacial score (nSPS) is 26.0. The third kappa shape index (κ3) is 4.46. The molecule has 118 valence electrons. The number of hydrogen-bond acceptors (Lipinski definition) is 2. The van der Waals surface area contributed by atoms with Crippen molar-refractivity contribution in [3.63, 3.8) is 0 Å². The van der Waals surface area contributed by atoms with Gasteiger partial charge in [0, 0.05) is 11.1 Å². The number of rotatable bonds is 4. The minimum absolute atomic E-state index is 0.111. The first-order chi connectivity index (χ1) is 9.86. The highest BCUT2D eigenvalue weighted by molar-refractivity contribution is 9.10. The molecule has 3 atom stereocenters. The van der Waals surface area contributed by atoms with Crippen LogP contribution < -0.4 is 10.1 Å². The van der Waals surface area contributed by atoms with Gasteiger partial charge in [0.1, 0.15) is 0 Å². The number of anilines is 1. The topological polar surface area (TPSA) is 21.3 Å². The van der Waals surface area contributed by atoms with Gasteiger partial charge in [-0.2, -0.15) is 8.78 Å². The lowest BCUT2D eigenvalue weighted by molar-refractivity contribution is -0.0499. The largest absolute Gasteiger partial charge is 0.431 e. The first kappa shape index (κ1) is 16.8. The molecule has 0 amide bonds. The summed E-state index contributed by atoms with van der Waals surface area (Å²) in [5, 5.41) is 3.81. The van der Waals surface area contributed by atoms with E-state index in [4.69, 9.17) is 11.6 Å².